The van der Waals surface area contributed by atoms with Crippen molar-refractivity contribution in [3.05, 3.63) is 96.1 Å². The van der Waals surface area contributed by atoms with Gasteiger partial charge in [0.2, 0.25) is 11.8 Å². The van der Waals surface area contributed by atoms with Gasteiger partial charge in [-0.2, -0.15) is 4.98 Å². The summed E-state index contributed by atoms with van der Waals surface area (Å²) in [5, 5.41) is 0. The third kappa shape index (κ3) is 5.07. The van der Waals surface area contributed by atoms with Gasteiger partial charge in [-0.15, -0.1) is 0 Å². The molecule has 3 aromatic carbocycles. The highest BCUT2D eigenvalue weighted by Gasteiger charge is 2.17. The molecule has 0 amide bonds. The molecule has 4 rings (SSSR count). The summed E-state index contributed by atoms with van der Waals surface area (Å²) in [6, 6.07) is 25.0. The molecule has 1 heterocycles. The maximum Gasteiger partial charge on any atom is 0.264 e. The average Bonchev–Trinajstić information content (AvgIpc) is 2.74. The monoisotopic (exact) mass is 431 g/mol. The van der Waals surface area contributed by atoms with Crippen LogP contribution < -0.4 is 9.46 Å². The number of sulfonamides is 1. The first-order valence-electron chi connectivity index (χ1n) is 9.68. The van der Waals surface area contributed by atoms with Crippen LogP contribution in [0.4, 0.5) is 5.95 Å². The lowest BCUT2D eigenvalue weighted by atomic mass is 10.0. The molecule has 0 unspecified atom stereocenters. The summed E-state index contributed by atoms with van der Waals surface area (Å²) >= 11 is 0. The van der Waals surface area contributed by atoms with E-state index in [-0.39, 0.29) is 16.7 Å². The van der Waals surface area contributed by atoms with Gasteiger partial charge in [0.1, 0.15) is 5.75 Å². The molecule has 6 nitrogen and oxygen atoms in total. The molecule has 1 N–H and O–H groups in total. The molecule has 0 aliphatic rings. The third-order valence-corrected chi connectivity index (χ3v) is 5.81. The van der Waals surface area contributed by atoms with E-state index in [1.54, 1.807) is 36.4 Å². The van der Waals surface area contributed by atoms with Crippen molar-refractivity contribution in [1.82, 2.24) is 9.97 Å². The molecule has 4 aromatic rings. The standard InChI is InChI=1S/C24H21N3O3S/c1-17-13-18(2)15-19(14-17)22-16-23(30-20-9-5-3-6-10-20)26-24(25-22)27-31(28,29)21-11-7-4-8-12-21/h3-16H,1-2H3,(H,25,26,27). The van der Waals surface area contributed by atoms with Crippen LogP contribution in [-0.4, -0.2) is 18.4 Å². The molecule has 0 bridgehead atoms. The van der Waals surface area contributed by atoms with E-state index in [0.717, 1.165) is 16.7 Å². The van der Waals surface area contributed by atoms with Crippen LogP contribution in [0.1, 0.15) is 11.1 Å². The maximum atomic E-state index is 12.8. The Kier molecular flexibility index (Phi) is 5.68. The molecule has 156 valence electrons. The lowest BCUT2D eigenvalue weighted by Gasteiger charge is -2.12. The minimum Gasteiger partial charge on any atom is -0.439 e. The largest absolute Gasteiger partial charge is 0.439 e. The smallest absolute Gasteiger partial charge is 0.264 e. The van der Waals surface area contributed by atoms with Crippen molar-refractivity contribution in [2.75, 3.05) is 4.72 Å². The lowest BCUT2D eigenvalue weighted by Crippen LogP contribution is -2.15. The van der Waals surface area contributed by atoms with E-state index in [0.29, 0.717) is 11.4 Å². The number of anilines is 1. The van der Waals surface area contributed by atoms with E-state index in [2.05, 4.69) is 20.8 Å². The van der Waals surface area contributed by atoms with E-state index in [4.69, 9.17) is 4.74 Å². The number of hydrogen-bond acceptors (Lipinski definition) is 5. The summed E-state index contributed by atoms with van der Waals surface area (Å²) in [7, 11) is -3.85. The number of benzene rings is 3. The van der Waals surface area contributed by atoms with Crippen LogP contribution in [-0.2, 0) is 10.0 Å². The third-order valence-electron chi connectivity index (χ3n) is 4.46. The van der Waals surface area contributed by atoms with Crippen LogP contribution in [0.3, 0.4) is 0 Å². The van der Waals surface area contributed by atoms with Crippen molar-refractivity contribution in [2.45, 2.75) is 18.7 Å². The van der Waals surface area contributed by atoms with Gasteiger partial charge in [0, 0.05) is 11.6 Å². The normalized spacial score (nSPS) is 11.2. The second-order valence-corrected chi connectivity index (χ2v) is 8.81. The van der Waals surface area contributed by atoms with E-state index in [1.165, 1.54) is 12.1 Å². The number of aromatic nitrogens is 2. The lowest BCUT2D eigenvalue weighted by molar-refractivity contribution is 0.463. The maximum absolute atomic E-state index is 12.8. The average molecular weight is 432 g/mol. The van der Waals surface area contributed by atoms with Crippen LogP contribution in [0.2, 0.25) is 0 Å². The van der Waals surface area contributed by atoms with Gasteiger partial charge in [0.05, 0.1) is 10.6 Å². The molecule has 0 saturated carbocycles. The van der Waals surface area contributed by atoms with Crippen molar-refractivity contribution >= 4 is 16.0 Å². The minimum atomic E-state index is -3.85. The van der Waals surface area contributed by atoms with Crippen molar-refractivity contribution in [2.24, 2.45) is 0 Å². The van der Waals surface area contributed by atoms with E-state index < -0.39 is 10.0 Å². The predicted molar refractivity (Wildman–Crippen MR) is 121 cm³/mol. The number of para-hydroxylation sites is 1. The van der Waals surface area contributed by atoms with Crippen LogP contribution in [0.15, 0.2) is 89.8 Å². The Bertz CT molecular complexity index is 1290. The number of rotatable bonds is 6. The molecule has 31 heavy (non-hydrogen) atoms. The van der Waals surface area contributed by atoms with Gasteiger partial charge in [-0.05, 0) is 50.2 Å². The van der Waals surface area contributed by atoms with Crippen LogP contribution in [0.5, 0.6) is 11.6 Å². The second kappa shape index (κ2) is 8.57. The van der Waals surface area contributed by atoms with Crippen LogP contribution in [0, 0.1) is 13.8 Å². The first kappa shape index (κ1) is 20.6. The summed E-state index contributed by atoms with van der Waals surface area (Å²) in [5.41, 5.74) is 3.55. The Morgan fingerprint density at radius 2 is 1.39 bits per heavy atom. The van der Waals surface area contributed by atoms with Gasteiger partial charge in [0.25, 0.3) is 10.0 Å². The van der Waals surface area contributed by atoms with Gasteiger partial charge in [-0.25, -0.2) is 18.1 Å². The molecule has 0 saturated heterocycles. The zero-order valence-electron chi connectivity index (χ0n) is 17.1. The number of nitrogens with zero attached hydrogens (tertiary/aromatic N) is 2. The first-order valence-corrected chi connectivity index (χ1v) is 11.2. The SMILES string of the molecule is Cc1cc(C)cc(-c2cc(Oc3ccccc3)nc(NS(=O)(=O)c3ccccc3)n2)c1. The molecular formula is C24H21N3O3S. The van der Waals surface area contributed by atoms with E-state index in [9.17, 15) is 8.42 Å². The van der Waals surface area contributed by atoms with Gasteiger partial charge < -0.3 is 4.74 Å². The zero-order valence-corrected chi connectivity index (χ0v) is 17.9. The minimum absolute atomic E-state index is 0.0635. The molecule has 7 heteroatoms. The molecule has 0 aliphatic carbocycles. The molecule has 0 spiro atoms. The fourth-order valence-electron chi connectivity index (χ4n) is 3.18. The quantitative estimate of drug-likeness (QED) is 0.445. The molecule has 0 atom stereocenters. The topological polar surface area (TPSA) is 81.2 Å². The first-order chi connectivity index (χ1) is 14.9. The number of nitrogens with one attached hydrogen (secondary N) is 1. The molecule has 0 radical (unpaired) electrons. The van der Waals surface area contributed by atoms with Gasteiger partial charge in [-0.1, -0.05) is 53.6 Å². The molecule has 0 aliphatic heterocycles. The van der Waals surface area contributed by atoms with E-state index >= 15 is 0 Å². The van der Waals surface area contributed by atoms with Crippen molar-refractivity contribution in [1.29, 1.82) is 0 Å². The Morgan fingerprint density at radius 1 is 0.774 bits per heavy atom. The summed E-state index contributed by atoms with van der Waals surface area (Å²) < 4.78 is 33.9. The highest BCUT2D eigenvalue weighted by atomic mass is 32.2. The summed E-state index contributed by atoms with van der Waals surface area (Å²) in [4.78, 5) is 8.87. The van der Waals surface area contributed by atoms with Gasteiger partial charge >= 0.3 is 0 Å². The Morgan fingerprint density at radius 3 is 2.03 bits per heavy atom. The van der Waals surface area contributed by atoms with Gasteiger partial charge in [-0.3, -0.25) is 0 Å². The molecule has 0 fully saturated rings. The summed E-state index contributed by atoms with van der Waals surface area (Å²) in [5.74, 6) is 0.761. The second-order valence-electron chi connectivity index (χ2n) is 7.13. The Labute approximate surface area is 181 Å². The molecular weight excluding hydrogens is 410 g/mol. The zero-order chi connectivity index (χ0) is 21.8. The summed E-state index contributed by atoms with van der Waals surface area (Å²) in [6.45, 7) is 4.00. The fourth-order valence-corrected chi connectivity index (χ4v) is 4.15. The van der Waals surface area contributed by atoms with Crippen molar-refractivity contribution in [3.8, 4) is 22.9 Å². The van der Waals surface area contributed by atoms with Crippen LogP contribution in [0.25, 0.3) is 11.3 Å². The Hall–Kier alpha value is -3.71. The fraction of sp³-hybridized carbons (Fsp3) is 0.0833. The predicted octanol–water partition coefficient (Wildman–Crippen LogP) is 5.35. The van der Waals surface area contributed by atoms with Gasteiger partial charge in [0.15, 0.2) is 0 Å². The van der Waals surface area contributed by atoms with E-state index in [1.807, 2.05) is 44.2 Å². The highest BCUT2D eigenvalue weighted by molar-refractivity contribution is 7.92. The van der Waals surface area contributed by atoms with Crippen molar-refractivity contribution in [3.63, 3.8) is 0 Å². The molecule has 1 aromatic heterocycles. The number of ether oxygens (including phenoxy) is 1. The number of hydrogen-bond donors (Lipinski definition) is 1. The summed E-state index contributed by atoms with van der Waals surface area (Å²) in [6.07, 6.45) is 0. The highest BCUT2D eigenvalue weighted by Crippen LogP contribution is 2.28. The number of aryl methyl sites for hydroxylation is 2. The van der Waals surface area contributed by atoms with Crippen LogP contribution >= 0.6 is 0 Å². The Balaban J connectivity index is 1.77. The van der Waals surface area contributed by atoms with Crippen molar-refractivity contribution < 1.29 is 13.2 Å².